The summed E-state index contributed by atoms with van der Waals surface area (Å²) in [5.41, 5.74) is 13.1. The van der Waals surface area contributed by atoms with Crippen LogP contribution in [0, 0.1) is 27.7 Å². The smallest absolute Gasteiger partial charge is 0.454 e. The number of hydrogen-bond acceptors (Lipinski definition) is 9. The van der Waals surface area contributed by atoms with E-state index in [9.17, 15) is 0 Å². The summed E-state index contributed by atoms with van der Waals surface area (Å²) in [7, 11) is -7.84. The minimum Gasteiger partial charge on any atom is -0.511 e. The predicted octanol–water partition coefficient (Wildman–Crippen LogP) is 9.75. The van der Waals surface area contributed by atoms with Crippen LogP contribution in [-0.2, 0) is 30.4 Å². The van der Waals surface area contributed by atoms with Crippen LogP contribution in [0.4, 0.5) is 0 Å². The Morgan fingerprint density at radius 1 is 0.327 bits per heavy atom. The highest BCUT2D eigenvalue weighted by Crippen LogP contribution is 2.51. The van der Waals surface area contributed by atoms with Crippen molar-refractivity contribution in [3.63, 3.8) is 0 Å². The zero-order valence-corrected chi connectivity index (χ0v) is 38.8. The summed E-state index contributed by atoms with van der Waals surface area (Å²) in [6.45, 7) is 25.4. The Morgan fingerprint density at radius 2 is 0.455 bits per heavy atom. The van der Waals surface area contributed by atoms with Gasteiger partial charge in [0.05, 0.1) is 0 Å². The fourth-order valence-corrected chi connectivity index (χ4v) is 15.1. The van der Waals surface area contributed by atoms with E-state index in [1.54, 1.807) is 14.2 Å². The first kappa shape index (κ1) is 38.0. The third-order valence-corrected chi connectivity index (χ3v) is 16.3. The molecule has 0 N–H and O–H groups in total. The number of ether oxygens (including phenoxy) is 1. The number of methoxy groups -OCH3 is 1. The van der Waals surface area contributed by atoms with E-state index in [4.69, 9.17) is 35.4 Å². The van der Waals surface area contributed by atoms with Gasteiger partial charge in [-0.05, 0) is 96.5 Å². The van der Waals surface area contributed by atoms with E-state index >= 15 is 0 Å². The Morgan fingerprint density at radius 3 is 0.582 bits per heavy atom. The molecule has 5 aliphatic rings. The maximum absolute atomic E-state index is 6.98. The lowest BCUT2D eigenvalue weighted by molar-refractivity contribution is 0.277. The summed E-state index contributed by atoms with van der Waals surface area (Å²) in [6, 6.07) is 9.29. The molecule has 0 saturated carbocycles. The molecule has 0 radical (unpaired) electrons. The van der Waals surface area contributed by atoms with Gasteiger partial charge in [-0.3, -0.25) is 0 Å². The van der Waals surface area contributed by atoms with Crippen LogP contribution in [0.25, 0.3) is 0 Å². The average Bonchev–Trinajstić information content (AvgIpc) is 3.05. The van der Waals surface area contributed by atoms with Gasteiger partial charge in [-0.1, -0.05) is 0 Å². The molecule has 0 amide bonds. The molecule has 0 fully saturated rings. The van der Waals surface area contributed by atoms with E-state index in [2.05, 4.69) is 109 Å². The van der Waals surface area contributed by atoms with E-state index in [0.717, 1.165) is 113 Å². The molecule has 9 rings (SSSR count). The Hall–Kier alpha value is -3.89. The summed E-state index contributed by atoms with van der Waals surface area (Å²) in [4.78, 5) is 0. The standard InChI is InChI=1S/C40H48O8Si4.C2H6O/c1-21-33-25-13-26-18-28-15-30-20-32-16-31-19-29-14-27(17-25)35(43-49(5,6)41-33)22(2)37(29)45-51(9,10)47-39(31)24(4)40(32)48-52(11,12)46-38(30)23(3)36(28)44-50(7,8)42-34(21)26;1-3-2/h13-16H,17-20H2,1-12H3;1-2H3. The highest BCUT2D eigenvalue weighted by atomic mass is 28.4. The minimum absolute atomic E-state index is 0.652. The van der Waals surface area contributed by atoms with Crippen LogP contribution >= 0.6 is 0 Å². The molecule has 0 spiro atoms. The van der Waals surface area contributed by atoms with E-state index in [1.807, 2.05) is 0 Å². The van der Waals surface area contributed by atoms with Crippen molar-refractivity contribution in [3.05, 3.63) is 91.0 Å². The third-order valence-electron chi connectivity index (χ3n) is 10.8. The number of benzene rings is 4. The van der Waals surface area contributed by atoms with E-state index < -0.39 is 34.2 Å². The molecule has 0 saturated heterocycles. The topological polar surface area (TPSA) is 83.1 Å². The number of hydrogen-bond donors (Lipinski definition) is 0. The van der Waals surface area contributed by atoms with Crippen molar-refractivity contribution in [2.75, 3.05) is 14.2 Å². The van der Waals surface area contributed by atoms with Gasteiger partial charge in [0.25, 0.3) is 0 Å². The lowest BCUT2D eigenvalue weighted by Gasteiger charge is -2.38. The SMILES string of the molecule is COC.Cc1c2c3cc4c1O[Si](C)(C)Oc1c(cc5c(c1C)O[Si](C)(C)Oc1c(cc6c(c1C)O[Si](C)(C)Oc1c(cc(c(c1C)O[Si](C)(C)O2)C3)C6)C5)C4. The van der Waals surface area contributed by atoms with Crippen molar-refractivity contribution in [1.29, 1.82) is 0 Å². The van der Waals surface area contributed by atoms with Gasteiger partial charge in [-0.25, -0.2) is 0 Å². The first-order chi connectivity index (χ1) is 25.7. The van der Waals surface area contributed by atoms with Gasteiger partial charge >= 0.3 is 34.2 Å². The largest absolute Gasteiger partial charge is 0.511 e. The number of rotatable bonds is 0. The third kappa shape index (κ3) is 6.64. The fraction of sp³-hybridized carbons (Fsp3) is 0.429. The van der Waals surface area contributed by atoms with Gasteiger partial charge in [0, 0.05) is 115 Å². The van der Waals surface area contributed by atoms with Crippen LogP contribution < -0.4 is 35.4 Å². The van der Waals surface area contributed by atoms with E-state index in [-0.39, 0.29) is 0 Å². The van der Waals surface area contributed by atoms with E-state index in [0.29, 0.717) is 25.7 Å². The summed E-state index contributed by atoms with van der Waals surface area (Å²) >= 11 is 0. The molecule has 4 aromatic rings. The molecule has 4 aromatic carbocycles. The molecule has 9 nitrogen and oxygen atoms in total. The van der Waals surface area contributed by atoms with Crippen LogP contribution in [-0.4, -0.2) is 48.5 Å². The van der Waals surface area contributed by atoms with Crippen LogP contribution in [0.5, 0.6) is 46.0 Å². The van der Waals surface area contributed by atoms with Crippen LogP contribution in [0.2, 0.25) is 52.4 Å². The molecule has 1 aliphatic carbocycles. The van der Waals surface area contributed by atoms with Crippen molar-refractivity contribution < 1.29 is 40.1 Å². The molecular weight excluding hydrogens is 761 g/mol. The highest BCUT2D eigenvalue weighted by molar-refractivity contribution is 6.67. The zero-order valence-electron chi connectivity index (χ0n) is 34.8. The average molecular weight is 815 g/mol. The second-order valence-corrected chi connectivity index (χ2v) is 30.3. The summed E-state index contributed by atoms with van der Waals surface area (Å²) in [6.07, 6.45) is 2.61. The van der Waals surface area contributed by atoms with Crippen LogP contribution in [0.1, 0.15) is 66.8 Å². The first-order valence-corrected chi connectivity index (χ1v) is 30.5. The van der Waals surface area contributed by atoms with Crippen LogP contribution in [0.15, 0.2) is 24.3 Å². The fourth-order valence-electron chi connectivity index (χ4n) is 8.76. The lowest BCUT2D eigenvalue weighted by Crippen LogP contribution is -2.46. The summed E-state index contributed by atoms with van der Waals surface area (Å²) in [5.74, 6) is 6.91. The van der Waals surface area contributed by atoms with Crippen molar-refractivity contribution in [2.45, 2.75) is 106 Å². The second kappa shape index (κ2) is 12.8. The molecule has 13 heteroatoms. The van der Waals surface area contributed by atoms with Crippen molar-refractivity contribution in [2.24, 2.45) is 0 Å². The van der Waals surface area contributed by atoms with E-state index in [1.165, 1.54) is 0 Å². The minimum atomic E-state index is -2.77. The molecule has 0 unspecified atom stereocenters. The lowest BCUT2D eigenvalue weighted by atomic mass is 9.88. The maximum atomic E-state index is 6.98. The van der Waals surface area contributed by atoms with Crippen molar-refractivity contribution in [1.82, 2.24) is 0 Å². The Labute approximate surface area is 330 Å². The highest BCUT2D eigenvalue weighted by Gasteiger charge is 2.43. The second-order valence-electron chi connectivity index (χ2n) is 17.4. The molecule has 4 heterocycles. The summed E-state index contributed by atoms with van der Waals surface area (Å²) in [5, 5.41) is 0. The Kier molecular flexibility index (Phi) is 8.85. The first-order valence-electron chi connectivity index (χ1n) is 19.2. The van der Waals surface area contributed by atoms with Crippen molar-refractivity contribution in [3.8, 4) is 46.0 Å². The van der Waals surface area contributed by atoms with Gasteiger partial charge in [0.1, 0.15) is 46.0 Å². The molecule has 4 aliphatic heterocycles. The predicted molar refractivity (Wildman–Crippen MR) is 224 cm³/mol. The Balaban J connectivity index is 0.00000138. The van der Waals surface area contributed by atoms with Crippen LogP contribution in [0.3, 0.4) is 0 Å². The monoisotopic (exact) mass is 814 g/mol. The molecule has 292 valence electrons. The summed E-state index contributed by atoms with van der Waals surface area (Å²) < 4.78 is 60.1. The Bertz CT molecular complexity index is 1850. The molecule has 0 atom stereocenters. The molecule has 0 aromatic heterocycles. The maximum Gasteiger partial charge on any atom is 0.454 e. The van der Waals surface area contributed by atoms with Gasteiger partial charge in [0.15, 0.2) is 0 Å². The van der Waals surface area contributed by atoms with Gasteiger partial charge in [-0.15, -0.1) is 0 Å². The molecule has 8 bridgehead atoms. The quantitative estimate of drug-likeness (QED) is 0.142. The van der Waals surface area contributed by atoms with Gasteiger partial charge in [-0.2, -0.15) is 0 Å². The normalized spacial score (nSPS) is 19.2. The zero-order chi connectivity index (χ0) is 39.6. The van der Waals surface area contributed by atoms with Gasteiger partial charge < -0.3 is 40.1 Å². The molecule has 55 heavy (non-hydrogen) atoms. The van der Waals surface area contributed by atoms with Gasteiger partial charge in [0.2, 0.25) is 0 Å². The van der Waals surface area contributed by atoms with Crippen molar-refractivity contribution >= 4 is 34.2 Å². The molecular formula is C42H54O9Si4.